The Morgan fingerprint density at radius 3 is 2.67 bits per heavy atom. The summed E-state index contributed by atoms with van der Waals surface area (Å²) in [5.41, 5.74) is 0.474. The number of hydrogen-bond acceptors (Lipinski definition) is 3. The quantitative estimate of drug-likeness (QED) is 0.732. The lowest BCUT2D eigenvalue weighted by atomic mass is 10.4. The van der Waals surface area contributed by atoms with Crippen molar-refractivity contribution in [3.05, 3.63) is 24.2 Å². The summed E-state index contributed by atoms with van der Waals surface area (Å²) >= 11 is 0. The Hall–Kier alpha value is -1.79. The lowest BCUT2D eigenvalue weighted by molar-refractivity contribution is -0.274. The monoisotopic (exact) mass is 217 g/mol. The van der Waals surface area contributed by atoms with E-state index in [0.29, 0.717) is 11.5 Å². The Bertz CT molecular complexity index is 491. The van der Waals surface area contributed by atoms with Crippen molar-refractivity contribution >= 4 is 5.65 Å². The number of fused-ring (bicyclic) bond motifs is 1. The van der Waals surface area contributed by atoms with E-state index < -0.39 is 6.36 Å². The average molecular weight is 217 g/mol. The lowest BCUT2D eigenvalue weighted by Crippen LogP contribution is -2.17. The van der Waals surface area contributed by atoms with Crippen LogP contribution in [0.1, 0.15) is 5.82 Å². The summed E-state index contributed by atoms with van der Waals surface area (Å²) < 4.78 is 40.9. The van der Waals surface area contributed by atoms with Gasteiger partial charge in [0.05, 0.1) is 6.20 Å². The van der Waals surface area contributed by atoms with Crippen molar-refractivity contribution in [2.45, 2.75) is 13.3 Å². The van der Waals surface area contributed by atoms with Gasteiger partial charge in [0.15, 0.2) is 5.65 Å². The standard InChI is InChI=1S/C8H6F3N3O/c1-5-12-13-7-3-2-6(4-14(5)7)15-8(9,10)11/h2-4H,1H3. The second-order valence-corrected chi connectivity index (χ2v) is 2.89. The van der Waals surface area contributed by atoms with E-state index >= 15 is 0 Å². The van der Waals surface area contributed by atoms with Crippen LogP contribution in [0.15, 0.2) is 18.3 Å². The molecule has 0 fully saturated rings. The van der Waals surface area contributed by atoms with Gasteiger partial charge in [-0.05, 0) is 19.1 Å². The summed E-state index contributed by atoms with van der Waals surface area (Å²) in [5, 5.41) is 7.44. The van der Waals surface area contributed by atoms with Gasteiger partial charge in [-0.25, -0.2) is 0 Å². The first-order valence-corrected chi connectivity index (χ1v) is 4.03. The van der Waals surface area contributed by atoms with Gasteiger partial charge in [0.2, 0.25) is 0 Å². The van der Waals surface area contributed by atoms with E-state index in [2.05, 4.69) is 14.9 Å². The minimum Gasteiger partial charge on any atom is -0.404 e. The third kappa shape index (κ3) is 2.00. The minimum atomic E-state index is -4.68. The minimum absolute atomic E-state index is 0.294. The van der Waals surface area contributed by atoms with Crippen molar-refractivity contribution in [2.75, 3.05) is 0 Å². The van der Waals surface area contributed by atoms with E-state index in [1.165, 1.54) is 22.7 Å². The van der Waals surface area contributed by atoms with Crippen molar-refractivity contribution in [2.24, 2.45) is 0 Å². The van der Waals surface area contributed by atoms with Gasteiger partial charge in [-0.3, -0.25) is 4.40 Å². The van der Waals surface area contributed by atoms with E-state index in [0.717, 1.165) is 0 Å². The van der Waals surface area contributed by atoms with Crippen LogP contribution in [-0.2, 0) is 0 Å². The van der Waals surface area contributed by atoms with Crippen molar-refractivity contribution in [3.8, 4) is 5.75 Å². The van der Waals surface area contributed by atoms with E-state index in [1.54, 1.807) is 6.92 Å². The molecule has 0 saturated heterocycles. The van der Waals surface area contributed by atoms with Crippen LogP contribution in [0.3, 0.4) is 0 Å². The molecule has 80 valence electrons. The number of nitrogens with zero attached hydrogens (tertiary/aromatic N) is 3. The van der Waals surface area contributed by atoms with E-state index in [-0.39, 0.29) is 5.75 Å². The molecular weight excluding hydrogens is 211 g/mol. The van der Waals surface area contributed by atoms with Crippen molar-refractivity contribution in [1.82, 2.24) is 14.6 Å². The number of aromatic nitrogens is 3. The van der Waals surface area contributed by atoms with Gasteiger partial charge in [0.1, 0.15) is 11.6 Å². The highest BCUT2D eigenvalue weighted by atomic mass is 19.4. The van der Waals surface area contributed by atoms with Crippen LogP contribution >= 0.6 is 0 Å². The van der Waals surface area contributed by atoms with Crippen LogP contribution in [0.25, 0.3) is 5.65 Å². The third-order valence-electron chi connectivity index (χ3n) is 1.78. The van der Waals surface area contributed by atoms with Gasteiger partial charge in [-0.15, -0.1) is 23.4 Å². The lowest BCUT2D eigenvalue weighted by Gasteiger charge is -2.08. The maximum absolute atomic E-state index is 11.9. The van der Waals surface area contributed by atoms with E-state index in [9.17, 15) is 13.2 Å². The summed E-state index contributed by atoms with van der Waals surface area (Å²) in [6.07, 6.45) is -3.49. The zero-order valence-electron chi connectivity index (χ0n) is 7.62. The number of halogens is 3. The zero-order chi connectivity index (χ0) is 11.1. The molecule has 4 nitrogen and oxygen atoms in total. The Kier molecular flexibility index (Phi) is 2.02. The molecule has 0 spiro atoms. The first-order valence-electron chi connectivity index (χ1n) is 4.03. The average Bonchev–Trinajstić information content (AvgIpc) is 2.45. The molecular formula is C8H6F3N3O. The predicted molar refractivity (Wildman–Crippen MR) is 44.4 cm³/mol. The summed E-state index contributed by atoms with van der Waals surface area (Å²) in [7, 11) is 0. The number of rotatable bonds is 1. The first kappa shape index (κ1) is 9.75. The van der Waals surface area contributed by atoms with Gasteiger partial charge in [0, 0.05) is 0 Å². The molecule has 7 heteroatoms. The largest absolute Gasteiger partial charge is 0.573 e. The van der Waals surface area contributed by atoms with Crippen molar-refractivity contribution in [3.63, 3.8) is 0 Å². The molecule has 0 saturated carbocycles. The molecule has 2 rings (SSSR count). The molecule has 2 heterocycles. The van der Waals surface area contributed by atoms with Crippen molar-refractivity contribution in [1.29, 1.82) is 0 Å². The molecule has 0 radical (unpaired) electrons. The zero-order valence-corrected chi connectivity index (χ0v) is 7.62. The predicted octanol–water partition coefficient (Wildman–Crippen LogP) is 1.94. The second-order valence-electron chi connectivity index (χ2n) is 2.89. The fourth-order valence-corrected chi connectivity index (χ4v) is 1.18. The Balaban J connectivity index is 2.42. The van der Waals surface area contributed by atoms with Crippen LogP contribution in [0.5, 0.6) is 5.75 Å². The third-order valence-corrected chi connectivity index (χ3v) is 1.78. The Morgan fingerprint density at radius 2 is 2.00 bits per heavy atom. The highest BCUT2D eigenvalue weighted by Gasteiger charge is 2.31. The highest BCUT2D eigenvalue weighted by molar-refractivity contribution is 5.41. The van der Waals surface area contributed by atoms with Crippen LogP contribution in [0, 0.1) is 6.92 Å². The van der Waals surface area contributed by atoms with Crippen LogP contribution in [0.4, 0.5) is 13.2 Å². The molecule has 0 unspecified atom stereocenters. The number of hydrogen-bond donors (Lipinski definition) is 0. The normalized spacial score (nSPS) is 12.0. The molecule has 2 aromatic rings. The number of pyridine rings is 1. The fraction of sp³-hybridized carbons (Fsp3) is 0.250. The van der Waals surface area contributed by atoms with Gasteiger partial charge < -0.3 is 4.74 Å². The van der Waals surface area contributed by atoms with Gasteiger partial charge >= 0.3 is 6.36 Å². The molecule has 0 amide bonds. The molecule has 0 atom stereocenters. The molecule has 0 N–H and O–H groups in total. The summed E-state index contributed by atoms with van der Waals surface area (Å²) in [6, 6.07) is 2.60. The fourth-order valence-electron chi connectivity index (χ4n) is 1.18. The van der Waals surface area contributed by atoms with Crippen LogP contribution in [-0.4, -0.2) is 21.0 Å². The second kappa shape index (κ2) is 3.11. The summed E-state index contributed by atoms with van der Waals surface area (Å²) in [6.45, 7) is 1.64. The molecule has 0 bridgehead atoms. The Labute approximate surface area is 82.3 Å². The molecule has 0 aliphatic rings. The van der Waals surface area contributed by atoms with E-state index in [1.807, 2.05) is 0 Å². The molecule has 2 aromatic heterocycles. The summed E-state index contributed by atoms with van der Waals surface area (Å²) in [4.78, 5) is 0. The molecule has 0 aliphatic heterocycles. The first-order chi connectivity index (χ1) is 6.96. The smallest absolute Gasteiger partial charge is 0.404 e. The van der Waals surface area contributed by atoms with Crippen LogP contribution < -0.4 is 4.74 Å². The summed E-state index contributed by atoms with van der Waals surface area (Å²) in [5.74, 6) is 0.204. The maximum Gasteiger partial charge on any atom is 0.573 e. The van der Waals surface area contributed by atoms with Gasteiger partial charge in [-0.1, -0.05) is 0 Å². The number of ether oxygens (including phenoxy) is 1. The molecule has 0 aromatic carbocycles. The topological polar surface area (TPSA) is 39.4 Å². The maximum atomic E-state index is 11.9. The highest BCUT2D eigenvalue weighted by Crippen LogP contribution is 2.22. The van der Waals surface area contributed by atoms with Crippen molar-refractivity contribution < 1.29 is 17.9 Å². The molecule has 0 aliphatic carbocycles. The number of alkyl halides is 3. The number of aryl methyl sites for hydroxylation is 1. The Morgan fingerprint density at radius 1 is 1.27 bits per heavy atom. The van der Waals surface area contributed by atoms with Gasteiger partial charge in [-0.2, -0.15) is 0 Å². The van der Waals surface area contributed by atoms with Gasteiger partial charge in [0.25, 0.3) is 0 Å². The van der Waals surface area contributed by atoms with Crippen LogP contribution in [0.2, 0.25) is 0 Å². The van der Waals surface area contributed by atoms with E-state index in [4.69, 9.17) is 0 Å². The SMILES string of the molecule is Cc1nnc2ccc(OC(F)(F)F)cn12. The molecule has 15 heavy (non-hydrogen) atoms.